The Morgan fingerprint density at radius 3 is 2.53 bits per heavy atom. The quantitative estimate of drug-likeness (QED) is 0.838. The Morgan fingerprint density at radius 1 is 1.37 bits per heavy atom. The normalized spacial score (nSPS) is 11.5. The lowest BCUT2D eigenvalue weighted by molar-refractivity contribution is 0.0428. The number of carbonyl (C=O) groups is 2. The molecule has 0 saturated heterocycles. The first-order valence-corrected chi connectivity index (χ1v) is 5.89. The number of rotatable bonds is 4. The molecular weight excluding hydrogens is 248 g/mol. The summed E-state index contributed by atoms with van der Waals surface area (Å²) in [6.07, 6.45) is -0.846. The summed E-state index contributed by atoms with van der Waals surface area (Å²) in [5.74, 6) is -1.15. The van der Waals surface area contributed by atoms with E-state index in [4.69, 9.17) is 14.7 Å². The van der Waals surface area contributed by atoms with Crippen LogP contribution in [0.25, 0.3) is 0 Å². The predicted octanol–water partition coefficient (Wildman–Crippen LogP) is 1.88. The van der Waals surface area contributed by atoms with Gasteiger partial charge in [0, 0.05) is 5.69 Å². The monoisotopic (exact) mass is 264 g/mol. The smallest absolute Gasteiger partial charge is 0.356 e. The molecule has 19 heavy (non-hydrogen) atoms. The molecule has 6 nitrogen and oxygen atoms in total. The molecule has 0 radical (unpaired) electrons. The first kappa shape index (κ1) is 14.8. The average Bonchev–Trinajstić information content (AvgIpc) is 2.65. The van der Waals surface area contributed by atoms with E-state index in [1.807, 2.05) is 0 Å². The molecule has 0 bridgehead atoms. The second kappa shape index (κ2) is 6.05. The first-order chi connectivity index (χ1) is 8.92. The fourth-order valence-corrected chi connectivity index (χ4v) is 1.71. The van der Waals surface area contributed by atoms with Crippen molar-refractivity contribution in [2.45, 2.75) is 33.8 Å². The van der Waals surface area contributed by atoms with Gasteiger partial charge in [-0.3, -0.25) is 0 Å². The van der Waals surface area contributed by atoms with Crippen LogP contribution in [0, 0.1) is 25.2 Å². The molecule has 1 unspecified atom stereocenters. The fourth-order valence-electron chi connectivity index (χ4n) is 1.71. The van der Waals surface area contributed by atoms with Crippen LogP contribution >= 0.6 is 0 Å². The molecule has 0 spiro atoms. The van der Waals surface area contributed by atoms with Crippen LogP contribution in [0.4, 0.5) is 0 Å². The number of esters is 2. The molecule has 6 heteroatoms. The summed E-state index contributed by atoms with van der Waals surface area (Å²) in [4.78, 5) is 26.4. The number of hydrogen-bond acceptors (Lipinski definition) is 5. The van der Waals surface area contributed by atoms with Gasteiger partial charge in [0.25, 0.3) is 0 Å². The van der Waals surface area contributed by atoms with Crippen molar-refractivity contribution in [3.8, 4) is 6.07 Å². The lowest BCUT2D eigenvalue weighted by Gasteiger charge is -2.05. The van der Waals surface area contributed by atoms with E-state index in [1.165, 1.54) is 6.92 Å². The van der Waals surface area contributed by atoms with Gasteiger partial charge in [0.2, 0.25) is 0 Å². The Morgan fingerprint density at radius 2 is 2.00 bits per heavy atom. The zero-order valence-electron chi connectivity index (χ0n) is 11.4. The van der Waals surface area contributed by atoms with Crippen LogP contribution in [-0.4, -0.2) is 29.6 Å². The molecular formula is C13H16N2O4. The Labute approximate surface area is 111 Å². The summed E-state index contributed by atoms with van der Waals surface area (Å²) in [5, 5.41) is 8.61. The average molecular weight is 264 g/mol. The van der Waals surface area contributed by atoms with Gasteiger partial charge < -0.3 is 14.5 Å². The van der Waals surface area contributed by atoms with E-state index < -0.39 is 18.0 Å². The van der Waals surface area contributed by atoms with Crippen molar-refractivity contribution in [3.05, 3.63) is 22.5 Å². The molecule has 1 rings (SSSR count). The van der Waals surface area contributed by atoms with E-state index in [2.05, 4.69) is 4.98 Å². The van der Waals surface area contributed by atoms with Crippen molar-refractivity contribution in [2.24, 2.45) is 0 Å². The van der Waals surface area contributed by atoms with E-state index in [-0.39, 0.29) is 12.3 Å². The lowest BCUT2D eigenvalue weighted by atomic mass is 10.1. The van der Waals surface area contributed by atoms with Gasteiger partial charge in [0.1, 0.15) is 11.8 Å². The predicted molar refractivity (Wildman–Crippen MR) is 66.7 cm³/mol. The number of nitrogens with one attached hydrogen (secondary N) is 1. The molecule has 1 aromatic heterocycles. The number of ether oxygens (including phenoxy) is 2. The maximum atomic E-state index is 11.8. The third-order valence-electron chi connectivity index (χ3n) is 2.59. The van der Waals surface area contributed by atoms with Crippen molar-refractivity contribution in [2.75, 3.05) is 6.61 Å². The van der Waals surface area contributed by atoms with Crippen molar-refractivity contribution in [1.29, 1.82) is 5.26 Å². The van der Waals surface area contributed by atoms with Gasteiger partial charge >= 0.3 is 11.9 Å². The van der Waals surface area contributed by atoms with Gasteiger partial charge in [-0.1, -0.05) is 0 Å². The number of hydrogen-bond donors (Lipinski definition) is 1. The number of carbonyl (C=O) groups excluding carboxylic acids is 2. The molecule has 0 aliphatic heterocycles. The molecule has 1 atom stereocenters. The molecule has 0 aliphatic rings. The van der Waals surface area contributed by atoms with Crippen molar-refractivity contribution in [1.82, 2.24) is 4.98 Å². The molecule has 0 aromatic carbocycles. The fraction of sp³-hybridized carbons (Fsp3) is 0.462. The topological polar surface area (TPSA) is 92.2 Å². The van der Waals surface area contributed by atoms with Gasteiger partial charge in [0.05, 0.1) is 12.2 Å². The first-order valence-electron chi connectivity index (χ1n) is 5.89. The highest BCUT2D eigenvalue weighted by atomic mass is 16.5. The van der Waals surface area contributed by atoms with Gasteiger partial charge in [-0.25, -0.2) is 9.59 Å². The summed E-state index contributed by atoms with van der Waals surface area (Å²) >= 11 is 0. The van der Waals surface area contributed by atoms with Crippen molar-refractivity contribution in [3.63, 3.8) is 0 Å². The summed E-state index contributed by atoms with van der Waals surface area (Å²) in [6, 6.07) is 1.80. The number of nitriles is 1. The molecule has 1 aromatic rings. The highest BCUT2D eigenvalue weighted by Crippen LogP contribution is 2.20. The number of aryl methyl sites for hydroxylation is 1. The molecule has 1 N–H and O–H groups in total. The van der Waals surface area contributed by atoms with Crippen LogP contribution in [0.15, 0.2) is 0 Å². The molecule has 0 fully saturated rings. The minimum atomic E-state index is -0.846. The van der Waals surface area contributed by atoms with Crippen molar-refractivity contribution >= 4 is 11.9 Å². The van der Waals surface area contributed by atoms with Crippen LogP contribution in [-0.2, 0) is 9.47 Å². The summed E-state index contributed by atoms with van der Waals surface area (Å²) in [5.41, 5.74) is 1.50. The number of H-pyrrole nitrogens is 1. The van der Waals surface area contributed by atoms with Gasteiger partial charge in [-0.15, -0.1) is 0 Å². The van der Waals surface area contributed by atoms with Crippen LogP contribution in [0.5, 0.6) is 0 Å². The third kappa shape index (κ3) is 3.13. The van der Waals surface area contributed by atoms with Gasteiger partial charge in [0.15, 0.2) is 6.10 Å². The van der Waals surface area contributed by atoms with E-state index in [0.29, 0.717) is 16.8 Å². The van der Waals surface area contributed by atoms with E-state index in [1.54, 1.807) is 26.8 Å². The maximum Gasteiger partial charge on any atom is 0.356 e. The Hall–Kier alpha value is -2.29. The summed E-state index contributed by atoms with van der Waals surface area (Å²) in [6.45, 7) is 6.73. The largest absolute Gasteiger partial charge is 0.462 e. The van der Waals surface area contributed by atoms with Crippen molar-refractivity contribution < 1.29 is 19.1 Å². The minimum absolute atomic E-state index is 0.169. The molecule has 102 valence electrons. The Bertz CT molecular complexity index is 540. The summed E-state index contributed by atoms with van der Waals surface area (Å²) < 4.78 is 9.81. The zero-order valence-corrected chi connectivity index (χ0v) is 11.4. The molecule has 0 aliphatic carbocycles. The van der Waals surface area contributed by atoms with Crippen LogP contribution in [0.3, 0.4) is 0 Å². The number of aromatic amines is 1. The highest BCUT2D eigenvalue weighted by molar-refractivity contribution is 5.98. The van der Waals surface area contributed by atoms with Crippen LogP contribution < -0.4 is 0 Å². The number of nitrogens with zero attached hydrogens (tertiary/aromatic N) is 1. The van der Waals surface area contributed by atoms with Crippen LogP contribution in [0.2, 0.25) is 0 Å². The second-order valence-corrected chi connectivity index (χ2v) is 4.02. The second-order valence-electron chi connectivity index (χ2n) is 4.02. The van der Waals surface area contributed by atoms with E-state index in [0.717, 1.165) is 0 Å². The molecule has 1 heterocycles. The van der Waals surface area contributed by atoms with Crippen LogP contribution in [0.1, 0.15) is 46.0 Å². The van der Waals surface area contributed by atoms with Gasteiger partial charge in [-0.2, -0.15) is 5.26 Å². The maximum absolute atomic E-state index is 11.8. The third-order valence-corrected chi connectivity index (χ3v) is 2.59. The molecule has 0 saturated carbocycles. The standard InChI is InChI=1S/C13H16N2O4/c1-5-18-12(16)10-8(3)11(15-9(10)4)13(17)19-7(2)6-14/h7,15H,5H2,1-4H3. The zero-order chi connectivity index (χ0) is 14.6. The Kier molecular flexibility index (Phi) is 4.70. The highest BCUT2D eigenvalue weighted by Gasteiger charge is 2.24. The van der Waals surface area contributed by atoms with E-state index in [9.17, 15) is 9.59 Å². The van der Waals surface area contributed by atoms with E-state index >= 15 is 0 Å². The minimum Gasteiger partial charge on any atom is -0.462 e. The lowest BCUT2D eigenvalue weighted by Crippen LogP contribution is -2.14. The number of aromatic nitrogens is 1. The van der Waals surface area contributed by atoms with Gasteiger partial charge in [-0.05, 0) is 33.3 Å². The summed E-state index contributed by atoms with van der Waals surface area (Å²) in [7, 11) is 0. The molecule has 0 amide bonds. The Balaban J connectivity index is 3.06. The SMILES string of the molecule is CCOC(=O)c1c(C)[nH]c(C(=O)OC(C)C#N)c1C.